The zero-order valence-electron chi connectivity index (χ0n) is 12.7. The number of benzene rings is 1. The van der Waals surface area contributed by atoms with E-state index in [0.29, 0.717) is 23.4 Å². The third-order valence-corrected chi connectivity index (χ3v) is 3.76. The number of rotatable bonds is 6. The van der Waals surface area contributed by atoms with Crippen molar-refractivity contribution in [3.8, 4) is 11.3 Å². The Kier molecular flexibility index (Phi) is 4.96. The fraction of sp³-hybridized carbons (Fsp3) is 0.438. The largest absolute Gasteiger partial charge is 0.419 e. The molecular weight excluding hydrogens is 271 g/mol. The summed E-state index contributed by atoms with van der Waals surface area (Å²) in [5.74, 6) is -0.264. The van der Waals surface area contributed by atoms with Crippen LogP contribution in [0.3, 0.4) is 0 Å². The molecule has 1 aromatic heterocycles. The van der Waals surface area contributed by atoms with Crippen molar-refractivity contribution < 1.29 is 8.81 Å². The van der Waals surface area contributed by atoms with Crippen molar-refractivity contribution in [3.63, 3.8) is 0 Å². The Balaban J connectivity index is 2.38. The molecule has 0 unspecified atom stereocenters. The smallest absolute Gasteiger partial charge is 0.412 e. The fourth-order valence-corrected chi connectivity index (χ4v) is 2.45. The first-order chi connectivity index (χ1) is 10.1. The molecule has 2 rings (SSSR count). The Bertz CT molecular complexity index is 657. The predicted molar refractivity (Wildman–Crippen MR) is 80.8 cm³/mol. The second-order valence-electron chi connectivity index (χ2n) is 4.96. The molecule has 4 nitrogen and oxygen atoms in total. The van der Waals surface area contributed by atoms with Crippen LogP contribution in [0.25, 0.3) is 11.3 Å². The Labute approximate surface area is 123 Å². The molecule has 0 amide bonds. The van der Waals surface area contributed by atoms with Crippen LogP contribution in [-0.2, 0) is 13.5 Å². The highest BCUT2D eigenvalue weighted by atomic mass is 19.1. The van der Waals surface area contributed by atoms with Crippen molar-refractivity contribution in [2.75, 3.05) is 19.6 Å². The monoisotopic (exact) mass is 292 g/mol. The normalized spacial score (nSPS) is 11.3. The van der Waals surface area contributed by atoms with Crippen LogP contribution in [0.4, 0.5) is 4.39 Å². The SMILES string of the molecule is CCN(CC)CCc1oc(=O)n(C)c1-c1ccccc1F. The minimum atomic E-state index is -0.456. The third-order valence-electron chi connectivity index (χ3n) is 3.76. The average molecular weight is 292 g/mol. The van der Waals surface area contributed by atoms with E-state index in [1.165, 1.54) is 10.6 Å². The van der Waals surface area contributed by atoms with Crippen LogP contribution in [0.15, 0.2) is 33.5 Å². The van der Waals surface area contributed by atoms with Gasteiger partial charge >= 0.3 is 5.76 Å². The van der Waals surface area contributed by atoms with Crippen molar-refractivity contribution in [2.45, 2.75) is 20.3 Å². The number of hydrogen-bond acceptors (Lipinski definition) is 3. The zero-order valence-corrected chi connectivity index (χ0v) is 12.7. The molecule has 21 heavy (non-hydrogen) atoms. The van der Waals surface area contributed by atoms with Crippen LogP contribution in [-0.4, -0.2) is 29.1 Å². The van der Waals surface area contributed by atoms with Crippen molar-refractivity contribution in [1.29, 1.82) is 0 Å². The van der Waals surface area contributed by atoms with Gasteiger partial charge in [-0.1, -0.05) is 26.0 Å². The number of nitrogens with zero attached hydrogens (tertiary/aromatic N) is 2. The number of oxazole rings is 1. The number of hydrogen-bond donors (Lipinski definition) is 0. The second kappa shape index (κ2) is 6.72. The lowest BCUT2D eigenvalue weighted by Crippen LogP contribution is -2.25. The number of aromatic nitrogens is 1. The topological polar surface area (TPSA) is 38.4 Å². The summed E-state index contributed by atoms with van der Waals surface area (Å²) < 4.78 is 20.7. The molecule has 0 saturated carbocycles. The van der Waals surface area contributed by atoms with Crippen LogP contribution < -0.4 is 5.76 Å². The summed E-state index contributed by atoms with van der Waals surface area (Å²) in [6, 6.07) is 6.44. The van der Waals surface area contributed by atoms with Crippen molar-refractivity contribution in [1.82, 2.24) is 9.47 Å². The van der Waals surface area contributed by atoms with Gasteiger partial charge in [-0.2, -0.15) is 0 Å². The van der Waals surface area contributed by atoms with Crippen molar-refractivity contribution >= 4 is 0 Å². The third kappa shape index (κ3) is 3.24. The highest BCUT2D eigenvalue weighted by Crippen LogP contribution is 2.25. The molecule has 2 aromatic rings. The molecule has 1 heterocycles. The summed E-state index contributed by atoms with van der Waals surface area (Å²) in [5, 5.41) is 0. The molecule has 5 heteroatoms. The van der Waals surface area contributed by atoms with Crippen LogP contribution >= 0.6 is 0 Å². The molecule has 0 aliphatic carbocycles. The van der Waals surface area contributed by atoms with Gasteiger partial charge in [0, 0.05) is 25.6 Å². The summed E-state index contributed by atoms with van der Waals surface area (Å²) in [6.45, 7) is 6.82. The molecule has 0 bridgehead atoms. The summed E-state index contributed by atoms with van der Waals surface area (Å²) in [7, 11) is 1.61. The van der Waals surface area contributed by atoms with Gasteiger partial charge in [0.15, 0.2) is 0 Å². The van der Waals surface area contributed by atoms with E-state index in [0.717, 1.165) is 19.6 Å². The molecule has 114 valence electrons. The lowest BCUT2D eigenvalue weighted by Gasteiger charge is -2.17. The molecule has 0 saturated heterocycles. The Morgan fingerprint density at radius 3 is 2.52 bits per heavy atom. The number of likely N-dealkylation sites (N-methyl/N-ethyl adjacent to an activating group) is 1. The van der Waals surface area contributed by atoms with Gasteiger partial charge in [0.1, 0.15) is 11.6 Å². The quantitative estimate of drug-likeness (QED) is 0.821. The van der Waals surface area contributed by atoms with Crippen LogP contribution in [0.2, 0.25) is 0 Å². The van der Waals surface area contributed by atoms with E-state index >= 15 is 0 Å². The van der Waals surface area contributed by atoms with Gasteiger partial charge in [-0.05, 0) is 25.2 Å². The van der Waals surface area contributed by atoms with Gasteiger partial charge in [-0.15, -0.1) is 0 Å². The van der Waals surface area contributed by atoms with E-state index < -0.39 is 5.76 Å². The lowest BCUT2D eigenvalue weighted by molar-refractivity contribution is 0.297. The van der Waals surface area contributed by atoms with E-state index in [1.807, 2.05) is 0 Å². The molecular formula is C16H21FN2O2. The molecule has 0 radical (unpaired) electrons. The van der Waals surface area contributed by atoms with E-state index in [9.17, 15) is 9.18 Å². The first kappa shape index (κ1) is 15.5. The molecule has 0 aliphatic rings. The fourth-order valence-electron chi connectivity index (χ4n) is 2.45. The van der Waals surface area contributed by atoms with Gasteiger partial charge < -0.3 is 9.32 Å². The second-order valence-corrected chi connectivity index (χ2v) is 4.96. The maximum absolute atomic E-state index is 14.0. The summed E-state index contributed by atoms with van der Waals surface area (Å²) >= 11 is 0. The van der Waals surface area contributed by atoms with Gasteiger partial charge in [-0.25, -0.2) is 9.18 Å². The van der Waals surface area contributed by atoms with Gasteiger partial charge in [0.25, 0.3) is 0 Å². The molecule has 1 aromatic carbocycles. The van der Waals surface area contributed by atoms with Gasteiger partial charge in [-0.3, -0.25) is 4.57 Å². The predicted octanol–water partition coefficient (Wildman–Crippen LogP) is 2.67. The van der Waals surface area contributed by atoms with Crippen LogP contribution in [0.5, 0.6) is 0 Å². The molecule has 0 N–H and O–H groups in total. The van der Waals surface area contributed by atoms with E-state index in [2.05, 4.69) is 18.7 Å². The van der Waals surface area contributed by atoms with Crippen LogP contribution in [0, 0.1) is 5.82 Å². The summed E-state index contributed by atoms with van der Waals surface area (Å²) in [5.41, 5.74) is 0.936. The molecule has 0 aliphatic heterocycles. The van der Waals surface area contributed by atoms with Crippen molar-refractivity contribution in [3.05, 3.63) is 46.4 Å². The lowest BCUT2D eigenvalue weighted by atomic mass is 10.1. The van der Waals surface area contributed by atoms with Crippen LogP contribution in [0.1, 0.15) is 19.6 Å². The molecule has 0 atom stereocenters. The number of halogens is 1. The first-order valence-corrected chi connectivity index (χ1v) is 7.24. The summed E-state index contributed by atoms with van der Waals surface area (Å²) in [4.78, 5) is 14.0. The van der Waals surface area contributed by atoms with Crippen molar-refractivity contribution in [2.24, 2.45) is 7.05 Å². The Hall–Kier alpha value is -1.88. The maximum Gasteiger partial charge on any atom is 0.419 e. The first-order valence-electron chi connectivity index (χ1n) is 7.24. The standard InChI is InChI=1S/C16H21FN2O2/c1-4-19(5-2)11-10-14-15(18(3)16(20)21-14)12-8-6-7-9-13(12)17/h6-9H,4-5,10-11H2,1-3H3. The van der Waals surface area contributed by atoms with E-state index in [-0.39, 0.29) is 5.82 Å². The minimum Gasteiger partial charge on any atom is -0.412 e. The van der Waals surface area contributed by atoms with Gasteiger partial charge in [0.2, 0.25) is 0 Å². The van der Waals surface area contributed by atoms with Gasteiger partial charge in [0.05, 0.1) is 5.69 Å². The minimum absolute atomic E-state index is 0.349. The highest BCUT2D eigenvalue weighted by molar-refractivity contribution is 5.62. The Morgan fingerprint density at radius 1 is 1.24 bits per heavy atom. The highest BCUT2D eigenvalue weighted by Gasteiger charge is 2.19. The maximum atomic E-state index is 14.0. The van der Waals surface area contributed by atoms with E-state index in [1.54, 1.807) is 25.2 Å². The molecule has 0 spiro atoms. The summed E-state index contributed by atoms with van der Waals surface area (Å²) in [6.07, 6.45) is 0.585. The zero-order chi connectivity index (χ0) is 15.4. The Morgan fingerprint density at radius 2 is 1.90 bits per heavy atom. The average Bonchev–Trinajstić information content (AvgIpc) is 2.76. The molecule has 0 fully saturated rings. The van der Waals surface area contributed by atoms with E-state index in [4.69, 9.17) is 4.42 Å².